The SMILES string of the molecule is CNC1CCN(C(=O)C2(c3ccc(Br)cc3)CCCC2)CC1.Cl. The number of nitrogens with zero attached hydrogens (tertiary/aromatic N) is 1. The van der Waals surface area contributed by atoms with Crippen LogP contribution in [0, 0.1) is 0 Å². The minimum absolute atomic E-state index is 0. The fourth-order valence-corrected chi connectivity index (χ4v) is 4.31. The maximum atomic E-state index is 13.3. The minimum atomic E-state index is -0.271. The van der Waals surface area contributed by atoms with Crippen molar-refractivity contribution >= 4 is 34.2 Å². The van der Waals surface area contributed by atoms with Crippen LogP contribution in [-0.4, -0.2) is 37.0 Å². The van der Waals surface area contributed by atoms with Crippen molar-refractivity contribution in [3.8, 4) is 0 Å². The lowest BCUT2D eigenvalue weighted by atomic mass is 9.77. The Bertz CT molecular complexity index is 520. The molecule has 0 radical (unpaired) electrons. The van der Waals surface area contributed by atoms with E-state index in [4.69, 9.17) is 0 Å². The molecule has 2 fully saturated rings. The van der Waals surface area contributed by atoms with Gasteiger partial charge in [-0.3, -0.25) is 4.79 Å². The first-order chi connectivity index (χ1) is 10.7. The van der Waals surface area contributed by atoms with Crippen LogP contribution >= 0.6 is 28.3 Å². The summed E-state index contributed by atoms with van der Waals surface area (Å²) in [7, 11) is 2.02. The van der Waals surface area contributed by atoms with Gasteiger partial charge in [0.2, 0.25) is 5.91 Å². The zero-order valence-corrected chi connectivity index (χ0v) is 16.1. The molecular weight excluding hydrogens is 376 g/mol. The second-order valence-corrected chi connectivity index (χ2v) is 7.57. The van der Waals surface area contributed by atoms with Crippen molar-refractivity contribution in [2.75, 3.05) is 20.1 Å². The highest BCUT2D eigenvalue weighted by Crippen LogP contribution is 2.43. The van der Waals surface area contributed by atoms with Crippen molar-refractivity contribution in [3.05, 3.63) is 34.3 Å². The van der Waals surface area contributed by atoms with Gasteiger partial charge >= 0.3 is 0 Å². The Balaban J connectivity index is 0.00000192. The predicted molar refractivity (Wildman–Crippen MR) is 100 cm³/mol. The minimum Gasteiger partial charge on any atom is -0.342 e. The van der Waals surface area contributed by atoms with E-state index in [0.29, 0.717) is 11.9 Å². The predicted octanol–water partition coefficient (Wildman–Crippen LogP) is 3.89. The average Bonchev–Trinajstić information content (AvgIpc) is 3.06. The Kier molecular flexibility index (Phi) is 6.52. The monoisotopic (exact) mass is 400 g/mol. The standard InChI is InChI=1S/C18H25BrN2O.ClH/c1-20-16-8-12-21(13-9-16)17(22)18(10-2-3-11-18)14-4-6-15(19)7-5-14;/h4-7,16,20H,2-3,8-13H2,1H3;1H. The molecule has 0 bridgehead atoms. The van der Waals surface area contributed by atoms with Crippen LogP contribution in [0.25, 0.3) is 0 Å². The van der Waals surface area contributed by atoms with E-state index in [9.17, 15) is 4.79 Å². The first kappa shape index (κ1) is 18.8. The second kappa shape index (κ2) is 8.00. The molecule has 1 aliphatic carbocycles. The molecule has 1 saturated carbocycles. The Morgan fingerprint density at radius 3 is 2.26 bits per heavy atom. The summed E-state index contributed by atoms with van der Waals surface area (Å²) in [6, 6.07) is 8.96. The van der Waals surface area contributed by atoms with E-state index in [0.717, 1.165) is 56.1 Å². The number of carbonyl (C=O) groups excluding carboxylic acids is 1. The molecule has 1 N–H and O–H groups in total. The Hall–Kier alpha value is -0.580. The first-order valence-electron chi connectivity index (χ1n) is 8.38. The number of nitrogens with one attached hydrogen (secondary N) is 1. The number of halogens is 2. The highest BCUT2D eigenvalue weighted by Gasteiger charge is 2.45. The Morgan fingerprint density at radius 1 is 1.17 bits per heavy atom. The van der Waals surface area contributed by atoms with Gasteiger partial charge in [0.15, 0.2) is 0 Å². The van der Waals surface area contributed by atoms with Gasteiger partial charge in [-0.05, 0) is 50.4 Å². The van der Waals surface area contributed by atoms with Crippen LogP contribution in [0.5, 0.6) is 0 Å². The Morgan fingerprint density at radius 2 is 1.74 bits per heavy atom. The number of rotatable bonds is 3. The molecule has 0 aromatic heterocycles. The summed E-state index contributed by atoms with van der Waals surface area (Å²) in [6.45, 7) is 1.78. The summed E-state index contributed by atoms with van der Waals surface area (Å²) in [5.41, 5.74) is 0.932. The smallest absolute Gasteiger partial charge is 0.233 e. The lowest BCUT2D eigenvalue weighted by Crippen LogP contribution is -2.50. The summed E-state index contributed by atoms with van der Waals surface area (Å²) < 4.78 is 1.08. The number of piperidine rings is 1. The van der Waals surface area contributed by atoms with E-state index >= 15 is 0 Å². The number of amides is 1. The molecule has 0 atom stereocenters. The van der Waals surface area contributed by atoms with Gasteiger partial charge in [-0.1, -0.05) is 40.9 Å². The van der Waals surface area contributed by atoms with E-state index in [-0.39, 0.29) is 17.8 Å². The highest BCUT2D eigenvalue weighted by molar-refractivity contribution is 9.10. The third kappa shape index (κ3) is 3.75. The van der Waals surface area contributed by atoms with E-state index in [1.807, 2.05) is 7.05 Å². The van der Waals surface area contributed by atoms with Gasteiger partial charge in [0.1, 0.15) is 0 Å². The topological polar surface area (TPSA) is 32.3 Å². The van der Waals surface area contributed by atoms with E-state index in [1.54, 1.807) is 0 Å². The fourth-order valence-electron chi connectivity index (χ4n) is 4.05. The largest absolute Gasteiger partial charge is 0.342 e. The fraction of sp³-hybridized carbons (Fsp3) is 0.611. The lowest BCUT2D eigenvalue weighted by molar-refractivity contribution is -0.138. The molecule has 1 aromatic carbocycles. The highest BCUT2D eigenvalue weighted by atomic mass is 79.9. The molecule has 23 heavy (non-hydrogen) atoms. The molecule has 1 heterocycles. The van der Waals surface area contributed by atoms with Crippen molar-refractivity contribution < 1.29 is 4.79 Å². The van der Waals surface area contributed by atoms with Crippen molar-refractivity contribution in [2.24, 2.45) is 0 Å². The first-order valence-corrected chi connectivity index (χ1v) is 9.18. The van der Waals surface area contributed by atoms with Crippen molar-refractivity contribution in [2.45, 2.75) is 50.0 Å². The summed E-state index contributed by atoms with van der Waals surface area (Å²) >= 11 is 3.50. The average molecular weight is 402 g/mol. The third-order valence-electron chi connectivity index (χ3n) is 5.45. The molecule has 5 heteroatoms. The van der Waals surface area contributed by atoms with Crippen LogP contribution in [-0.2, 0) is 10.2 Å². The summed E-state index contributed by atoms with van der Waals surface area (Å²) in [5, 5.41) is 3.34. The molecule has 3 rings (SSSR count). The van der Waals surface area contributed by atoms with Crippen LogP contribution < -0.4 is 5.32 Å². The molecule has 1 saturated heterocycles. The van der Waals surface area contributed by atoms with Crippen LogP contribution in [0.2, 0.25) is 0 Å². The molecule has 0 spiro atoms. The zero-order chi connectivity index (χ0) is 15.6. The van der Waals surface area contributed by atoms with Gasteiger partial charge in [0.05, 0.1) is 5.41 Å². The normalized spacial score (nSPS) is 21.0. The van der Waals surface area contributed by atoms with Crippen LogP contribution in [0.4, 0.5) is 0 Å². The summed E-state index contributed by atoms with van der Waals surface area (Å²) in [4.78, 5) is 15.4. The van der Waals surface area contributed by atoms with E-state index < -0.39 is 0 Å². The lowest BCUT2D eigenvalue weighted by Gasteiger charge is -2.38. The van der Waals surface area contributed by atoms with Crippen LogP contribution in [0.1, 0.15) is 44.1 Å². The number of likely N-dealkylation sites (tertiary alicyclic amines) is 1. The number of carbonyl (C=O) groups is 1. The third-order valence-corrected chi connectivity index (χ3v) is 5.98. The number of hydrogen-bond acceptors (Lipinski definition) is 2. The van der Waals surface area contributed by atoms with E-state index in [2.05, 4.69) is 50.4 Å². The molecule has 1 aliphatic heterocycles. The quantitative estimate of drug-likeness (QED) is 0.833. The van der Waals surface area contributed by atoms with Gasteiger partial charge in [-0.2, -0.15) is 0 Å². The van der Waals surface area contributed by atoms with E-state index in [1.165, 1.54) is 5.56 Å². The maximum absolute atomic E-state index is 13.3. The molecule has 1 aromatic rings. The summed E-state index contributed by atoms with van der Waals surface area (Å²) in [5.74, 6) is 0.363. The number of benzene rings is 1. The van der Waals surface area contributed by atoms with Gasteiger partial charge < -0.3 is 10.2 Å². The van der Waals surface area contributed by atoms with Crippen LogP contribution in [0.3, 0.4) is 0 Å². The molecule has 1 amide bonds. The maximum Gasteiger partial charge on any atom is 0.233 e. The van der Waals surface area contributed by atoms with Crippen LogP contribution in [0.15, 0.2) is 28.7 Å². The van der Waals surface area contributed by atoms with Gasteiger partial charge in [-0.15, -0.1) is 12.4 Å². The number of hydrogen-bond donors (Lipinski definition) is 1. The van der Waals surface area contributed by atoms with Gasteiger partial charge in [-0.25, -0.2) is 0 Å². The van der Waals surface area contributed by atoms with Gasteiger partial charge in [0.25, 0.3) is 0 Å². The Labute approximate surface area is 153 Å². The summed E-state index contributed by atoms with van der Waals surface area (Å²) in [6.07, 6.45) is 6.46. The van der Waals surface area contributed by atoms with Crippen molar-refractivity contribution in [3.63, 3.8) is 0 Å². The molecule has 3 nitrogen and oxygen atoms in total. The molecule has 2 aliphatic rings. The molecule has 128 valence electrons. The van der Waals surface area contributed by atoms with Gasteiger partial charge in [0, 0.05) is 23.6 Å². The molecule has 0 unspecified atom stereocenters. The zero-order valence-electron chi connectivity index (χ0n) is 13.7. The van der Waals surface area contributed by atoms with Crippen molar-refractivity contribution in [1.29, 1.82) is 0 Å². The molecular formula is C18H26BrClN2O. The van der Waals surface area contributed by atoms with Crippen molar-refractivity contribution in [1.82, 2.24) is 10.2 Å². The second-order valence-electron chi connectivity index (χ2n) is 6.65.